The zero-order chi connectivity index (χ0) is 15.8. The summed E-state index contributed by atoms with van der Waals surface area (Å²) in [6, 6.07) is 15.1. The zero-order valence-corrected chi connectivity index (χ0v) is 13.7. The molecule has 0 aliphatic heterocycles. The van der Waals surface area contributed by atoms with Crippen LogP contribution in [-0.2, 0) is 16.5 Å². The summed E-state index contributed by atoms with van der Waals surface area (Å²) < 4.78 is 29.8. The van der Waals surface area contributed by atoms with E-state index in [1.165, 1.54) is 22.8 Å². The first kappa shape index (κ1) is 17.0. The first-order valence-corrected chi connectivity index (χ1v) is 9.58. The lowest BCUT2D eigenvalue weighted by Crippen LogP contribution is -2.03. The fraction of sp³-hybridized carbons (Fsp3) is 0.444. The smallest absolute Gasteiger partial charge is 0.264 e. The van der Waals surface area contributed by atoms with Crippen LogP contribution in [-0.4, -0.2) is 18.7 Å². The first-order chi connectivity index (χ1) is 10.5. The molecule has 0 heterocycles. The van der Waals surface area contributed by atoms with Gasteiger partial charge < -0.3 is 0 Å². The molecule has 0 atom stereocenters. The van der Waals surface area contributed by atoms with Crippen molar-refractivity contribution >= 4 is 20.9 Å². The third-order valence-electron chi connectivity index (χ3n) is 3.93. The van der Waals surface area contributed by atoms with Crippen molar-refractivity contribution in [2.24, 2.45) is 0 Å². The van der Waals surface area contributed by atoms with Crippen LogP contribution in [0.15, 0.2) is 42.5 Å². The maximum Gasteiger partial charge on any atom is 0.264 e. The van der Waals surface area contributed by atoms with Crippen molar-refractivity contribution in [1.82, 2.24) is 0 Å². The molecule has 3 nitrogen and oxygen atoms in total. The van der Waals surface area contributed by atoms with Crippen molar-refractivity contribution in [3.05, 3.63) is 48.0 Å². The molecule has 0 radical (unpaired) electrons. The van der Waals surface area contributed by atoms with Gasteiger partial charge in [0.1, 0.15) is 0 Å². The summed E-state index contributed by atoms with van der Waals surface area (Å²) in [6.07, 6.45) is 7.01. The monoisotopic (exact) mass is 320 g/mol. The number of aryl methyl sites for hydroxylation is 1. The number of hydrogen-bond donors (Lipinski definition) is 1. The quantitative estimate of drug-likeness (QED) is 0.542. The van der Waals surface area contributed by atoms with E-state index in [4.69, 9.17) is 4.55 Å². The number of unbranched alkanes of at least 4 members (excludes halogenated alkanes) is 5. The van der Waals surface area contributed by atoms with E-state index in [1.54, 1.807) is 0 Å². The van der Waals surface area contributed by atoms with Gasteiger partial charge in [-0.3, -0.25) is 4.55 Å². The van der Waals surface area contributed by atoms with E-state index >= 15 is 0 Å². The fourth-order valence-electron chi connectivity index (χ4n) is 2.71. The lowest BCUT2D eigenvalue weighted by molar-refractivity contribution is 0.478. The zero-order valence-electron chi connectivity index (χ0n) is 12.9. The first-order valence-electron chi connectivity index (χ1n) is 7.97. The van der Waals surface area contributed by atoms with Gasteiger partial charge in [0, 0.05) is 0 Å². The lowest BCUT2D eigenvalue weighted by Gasteiger charge is -2.04. The van der Waals surface area contributed by atoms with E-state index in [-0.39, 0.29) is 5.75 Å². The second kappa shape index (κ2) is 8.30. The number of hydrogen-bond acceptors (Lipinski definition) is 2. The van der Waals surface area contributed by atoms with Crippen LogP contribution in [0.1, 0.15) is 44.1 Å². The predicted octanol–water partition coefficient (Wildman–Crippen LogP) is 4.61. The predicted molar refractivity (Wildman–Crippen MR) is 91.8 cm³/mol. The van der Waals surface area contributed by atoms with Crippen LogP contribution in [0.5, 0.6) is 0 Å². The van der Waals surface area contributed by atoms with Gasteiger partial charge in [0.05, 0.1) is 5.75 Å². The molecular formula is C18H24O3S. The highest BCUT2D eigenvalue weighted by Crippen LogP contribution is 2.17. The third kappa shape index (κ3) is 6.16. The van der Waals surface area contributed by atoms with Crippen LogP contribution >= 0.6 is 0 Å². The number of fused-ring (bicyclic) bond motifs is 1. The Kier molecular flexibility index (Phi) is 6.40. The highest BCUT2D eigenvalue weighted by Gasteiger charge is 2.03. The molecule has 0 amide bonds. The summed E-state index contributed by atoms with van der Waals surface area (Å²) in [7, 11) is -3.78. The van der Waals surface area contributed by atoms with Gasteiger partial charge in [-0.15, -0.1) is 0 Å². The summed E-state index contributed by atoms with van der Waals surface area (Å²) >= 11 is 0. The maximum absolute atomic E-state index is 10.6. The highest BCUT2D eigenvalue weighted by molar-refractivity contribution is 7.85. The van der Waals surface area contributed by atoms with Crippen molar-refractivity contribution in [2.75, 3.05) is 5.75 Å². The van der Waals surface area contributed by atoms with Gasteiger partial charge in [-0.1, -0.05) is 68.1 Å². The molecule has 22 heavy (non-hydrogen) atoms. The summed E-state index contributed by atoms with van der Waals surface area (Å²) in [5.74, 6) is -0.107. The largest absolute Gasteiger partial charge is 0.286 e. The second-order valence-electron chi connectivity index (χ2n) is 5.84. The van der Waals surface area contributed by atoms with Crippen molar-refractivity contribution in [3.63, 3.8) is 0 Å². The standard InChI is InChI=1S/C18H24O3S/c19-22(20,21)14-8-4-2-1-3-5-9-16-12-13-17-10-6-7-11-18(17)15-16/h6-7,10-13,15H,1-5,8-9,14H2,(H,19,20,21). The molecule has 0 aliphatic carbocycles. The summed E-state index contributed by atoms with van der Waals surface area (Å²) in [4.78, 5) is 0. The topological polar surface area (TPSA) is 54.4 Å². The van der Waals surface area contributed by atoms with Crippen LogP contribution in [0.4, 0.5) is 0 Å². The molecular weight excluding hydrogens is 296 g/mol. The Labute approximate surface area is 133 Å². The second-order valence-corrected chi connectivity index (χ2v) is 7.41. The van der Waals surface area contributed by atoms with Gasteiger partial charge in [-0.05, 0) is 35.6 Å². The molecule has 2 aromatic rings. The Morgan fingerprint density at radius 2 is 1.41 bits per heavy atom. The molecule has 0 bridgehead atoms. The Balaban J connectivity index is 1.62. The van der Waals surface area contributed by atoms with Crippen molar-refractivity contribution in [2.45, 2.75) is 44.9 Å². The van der Waals surface area contributed by atoms with Gasteiger partial charge in [-0.25, -0.2) is 0 Å². The van der Waals surface area contributed by atoms with Gasteiger partial charge >= 0.3 is 0 Å². The summed E-state index contributed by atoms with van der Waals surface area (Å²) in [5.41, 5.74) is 1.38. The normalized spacial score (nSPS) is 11.9. The van der Waals surface area contributed by atoms with Gasteiger partial charge in [-0.2, -0.15) is 8.42 Å². The van der Waals surface area contributed by atoms with E-state index in [9.17, 15) is 8.42 Å². The Hall–Kier alpha value is -1.39. The SMILES string of the molecule is O=S(=O)(O)CCCCCCCCc1ccc2ccccc2c1. The minimum Gasteiger partial charge on any atom is -0.286 e. The maximum atomic E-state index is 10.6. The number of rotatable bonds is 9. The van der Waals surface area contributed by atoms with Crippen LogP contribution in [0.2, 0.25) is 0 Å². The molecule has 0 aliphatic rings. The molecule has 2 rings (SSSR count). The van der Waals surface area contributed by atoms with E-state index in [2.05, 4.69) is 42.5 Å². The molecule has 4 heteroatoms. The molecule has 1 N–H and O–H groups in total. The van der Waals surface area contributed by atoms with E-state index < -0.39 is 10.1 Å². The van der Waals surface area contributed by atoms with E-state index in [1.807, 2.05) is 0 Å². The Morgan fingerprint density at radius 3 is 2.14 bits per heavy atom. The van der Waals surface area contributed by atoms with E-state index in [0.717, 1.165) is 32.1 Å². The summed E-state index contributed by atoms with van der Waals surface area (Å²) in [5, 5.41) is 2.58. The summed E-state index contributed by atoms with van der Waals surface area (Å²) in [6.45, 7) is 0. The van der Waals surface area contributed by atoms with Crippen LogP contribution in [0.3, 0.4) is 0 Å². The molecule has 0 aromatic heterocycles. The average molecular weight is 320 g/mol. The average Bonchev–Trinajstić information content (AvgIpc) is 2.48. The Bertz CT molecular complexity index is 692. The minimum absolute atomic E-state index is 0.107. The fourth-order valence-corrected chi connectivity index (χ4v) is 3.28. The van der Waals surface area contributed by atoms with Crippen molar-refractivity contribution < 1.29 is 13.0 Å². The third-order valence-corrected chi connectivity index (χ3v) is 4.74. The molecule has 0 saturated heterocycles. The van der Waals surface area contributed by atoms with Crippen molar-refractivity contribution in [3.8, 4) is 0 Å². The molecule has 120 valence electrons. The van der Waals surface area contributed by atoms with Crippen LogP contribution in [0.25, 0.3) is 10.8 Å². The molecule has 0 saturated carbocycles. The molecule has 2 aromatic carbocycles. The number of benzene rings is 2. The lowest BCUT2D eigenvalue weighted by atomic mass is 10.0. The van der Waals surface area contributed by atoms with Crippen LogP contribution < -0.4 is 0 Å². The van der Waals surface area contributed by atoms with Gasteiger partial charge in [0.15, 0.2) is 0 Å². The van der Waals surface area contributed by atoms with Gasteiger partial charge in [0.2, 0.25) is 0 Å². The molecule has 0 spiro atoms. The van der Waals surface area contributed by atoms with Crippen LogP contribution in [0, 0.1) is 0 Å². The van der Waals surface area contributed by atoms with Crippen molar-refractivity contribution in [1.29, 1.82) is 0 Å². The van der Waals surface area contributed by atoms with Gasteiger partial charge in [0.25, 0.3) is 10.1 Å². The molecule has 0 fully saturated rings. The minimum atomic E-state index is -3.78. The molecule has 0 unspecified atom stereocenters. The highest BCUT2D eigenvalue weighted by atomic mass is 32.2. The van der Waals surface area contributed by atoms with E-state index in [0.29, 0.717) is 6.42 Å². The Morgan fingerprint density at radius 1 is 0.773 bits per heavy atom.